The van der Waals surface area contributed by atoms with Gasteiger partial charge in [-0.25, -0.2) is 0 Å². The number of carbonyl (C=O) groups excluding carboxylic acids is 2. The summed E-state index contributed by atoms with van der Waals surface area (Å²) in [4.78, 5) is 26.3. The molecule has 6 heteroatoms. The van der Waals surface area contributed by atoms with Crippen LogP contribution in [0.2, 0.25) is 0 Å². The zero-order valence-corrected chi connectivity index (χ0v) is 15.6. The molecule has 27 heavy (non-hydrogen) atoms. The van der Waals surface area contributed by atoms with Gasteiger partial charge < -0.3 is 19.5 Å². The Bertz CT molecular complexity index is 930. The van der Waals surface area contributed by atoms with E-state index in [9.17, 15) is 14.7 Å². The number of ether oxygens (including phenoxy) is 2. The fourth-order valence-corrected chi connectivity index (χ4v) is 3.23. The van der Waals surface area contributed by atoms with Crippen molar-refractivity contribution in [2.45, 2.75) is 13.0 Å². The molecule has 1 heterocycles. The van der Waals surface area contributed by atoms with Gasteiger partial charge in [-0.05, 0) is 24.6 Å². The summed E-state index contributed by atoms with van der Waals surface area (Å²) in [5, 5.41) is 10.8. The summed E-state index contributed by atoms with van der Waals surface area (Å²) < 4.78 is 10.6. The van der Waals surface area contributed by atoms with Gasteiger partial charge in [-0.3, -0.25) is 9.59 Å². The van der Waals surface area contributed by atoms with E-state index >= 15 is 0 Å². The fourth-order valence-electron chi connectivity index (χ4n) is 3.23. The molecule has 1 saturated heterocycles. The van der Waals surface area contributed by atoms with Gasteiger partial charge in [-0.1, -0.05) is 35.9 Å². The third-order valence-corrected chi connectivity index (χ3v) is 4.72. The maximum Gasteiger partial charge on any atom is 0.295 e. The smallest absolute Gasteiger partial charge is 0.295 e. The Hall–Kier alpha value is -3.28. The number of likely N-dealkylation sites (tertiary alicyclic amines) is 1. The lowest BCUT2D eigenvalue weighted by Gasteiger charge is -2.22. The summed E-state index contributed by atoms with van der Waals surface area (Å²) in [7, 11) is 4.58. The van der Waals surface area contributed by atoms with Gasteiger partial charge in [0.25, 0.3) is 11.7 Å². The monoisotopic (exact) mass is 367 g/mol. The molecule has 0 aromatic heterocycles. The van der Waals surface area contributed by atoms with E-state index in [0.29, 0.717) is 22.6 Å². The van der Waals surface area contributed by atoms with E-state index in [-0.39, 0.29) is 11.3 Å². The quantitative estimate of drug-likeness (QED) is 0.511. The van der Waals surface area contributed by atoms with Crippen molar-refractivity contribution in [3.05, 3.63) is 64.7 Å². The van der Waals surface area contributed by atoms with Crippen LogP contribution in [0.15, 0.2) is 48.0 Å². The Balaban J connectivity index is 2.17. The minimum atomic E-state index is -0.717. The molecule has 0 bridgehead atoms. The van der Waals surface area contributed by atoms with Gasteiger partial charge in [-0.15, -0.1) is 0 Å². The Labute approximate surface area is 157 Å². The number of Topliss-reactive ketones (excluding diaryl/α,β-unsaturated/α-hetero) is 1. The highest BCUT2D eigenvalue weighted by Crippen LogP contribution is 2.41. The summed E-state index contributed by atoms with van der Waals surface area (Å²) in [6.45, 7) is 1.93. The molecular weight excluding hydrogens is 346 g/mol. The SMILES string of the molecule is COc1ccc(C2C(=C(O)c3ccc(C)cc3)C(=O)C(=O)N2C)cc1OC. The van der Waals surface area contributed by atoms with Crippen molar-refractivity contribution in [3.8, 4) is 11.5 Å². The first-order valence-electron chi connectivity index (χ1n) is 8.42. The number of nitrogens with zero attached hydrogens (tertiary/aromatic N) is 1. The van der Waals surface area contributed by atoms with Gasteiger partial charge in [0.15, 0.2) is 11.5 Å². The summed E-state index contributed by atoms with van der Waals surface area (Å²) in [6, 6.07) is 11.6. The summed E-state index contributed by atoms with van der Waals surface area (Å²) in [6.07, 6.45) is 0. The first kappa shape index (κ1) is 18.5. The molecule has 3 rings (SSSR count). The van der Waals surface area contributed by atoms with Crippen LogP contribution in [0.4, 0.5) is 0 Å². The van der Waals surface area contributed by atoms with Crippen LogP contribution in [0.1, 0.15) is 22.7 Å². The molecule has 0 spiro atoms. The van der Waals surface area contributed by atoms with Gasteiger partial charge in [-0.2, -0.15) is 0 Å². The Morgan fingerprint density at radius 3 is 2.22 bits per heavy atom. The van der Waals surface area contributed by atoms with Gasteiger partial charge in [0.05, 0.1) is 25.8 Å². The second kappa shape index (κ2) is 7.15. The fraction of sp³-hybridized carbons (Fsp3) is 0.238. The molecule has 6 nitrogen and oxygen atoms in total. The Morgan fingerprint density at radius 1 is 1.00 bits per heavy atom. The molecular formula is C21H21NO5. The van der Waals surface area contributed by atoms with Crippen LogP contribution in [0.3, 0.4) is 0 Å². The van der Waals surface area contributed by atoms with E-state index in [2.05, 4.69) is 0 Å². The van der Waals surface area contributed by atoms with E-state index in [1.54, 1.807) is 30.3 Å². The van der Waals surface area contributed by atoms with Crippen molar-refractivity contribution in [1.82, 2.24) is 4.90 Å². The number of carbonyl (C=O) groups is 2. The minimum Gasteiger partial charge on any atom is -0.507 e. The second-order valence-electron chi connectivity index (χ2n) is 6.39. The molecule has 1 atom stereocenters. The van der Waals surface area contributed by atoms with Crippen LogP contribution in [-0.2, 0) is 9.59 Å². The highest BCUT2D eigenvalue weighted by molar-refractivity contribution is 6.46. The topological polar surface area (TPSA) is 76.1 Å². The largest absolute Gasteiger partial charge is 0.507 e. The summed E-state index contributed by atoms with van der Waals surface area (Å²) in [5.41, 5.74) is 2.21. The van der Waals surface area contributed by atoms with Crippen molar-refractivity contribution in [2.24, 2.45) is 0 Å². The summed E-state index contributed by atoms with van der Waals surface area (Å²) >= 11 is 0. The van der Waals surface area contributed by atoms with E-state index in [1.165, 1.54) is 26.2 Å². The Morgan fingerprint density at radius 2 is 1.63 bits per heavy atom. The molecule has 1 aliphatic heterocycles. The predicted molar refractivity (Wildman–Crippen MR) is 101 cm³/mol. The lowest BCUT2D eigenvalue weighted by Crippen LogP contribution is -2.24. The van der Waals surface area contributed by atoms with Crippen molar-refractivity contribution in [3.63, 3.8) is 0 Å². The van der Waals surface area contributed by atoms with Crippen LogP contribution in [0, 0.1) is 6.92 Å². The van der Waals surface area contributed by atoms with Crippen LogP contribution < -0.4 is 9.47 Å². The van der Waals surface area contributed by atoms with Crippen LogP contribution in [-0.4, -0.2) is 43.0 Å². The molecule has 1 fully saturated rings. The molecule has 140 valence electrons. The average Bonchev–Trinajstić information content (AvgIpc) is 2.91. The number of aliphatic hydroxyl groups is 1. The number of hydrogen-bond acceptors (Lipinski definition) is 5. The van der Waals surface area contributed by atoms with E-state index < -0.39 is 17.7 Å². The highest BCUT2D eigenvalue weighted by Gasteiger charge is 2.44. The van der Waals surface area contributed by atoms with Gasteiger partial charge in [0.2, 0.25) is 0 Å². The maximum atomic E-state index is 12.6. The summed E-state index contributed by atoms with van der Waals surface area (Å²) in [5.74, 6) is -0.562. The highest BCUT2D eigenvalue weighted by atomic mass is 16.5. The average molecular weight is 367 g/mol. The van der Waals surface area contributed by atoms with Gasteiger partial charge in [0, 0.05) is 12.6 Å². The standard InChI is InChI=1S/C21H21NO5/c1-12-5-7-13(8-6-12)19(23)17-18(22(2)21(25)20(17)24)14-9-10-15(26-3)16(11-14)27-4/h5-11,18,23H,1-4H3. The lowest BCUT2D eigenvalue weighted by atomic mass is 9.95. The molecule has 2 aromatic rings. The number of ketones is 1. The lowest BCUT2D eigenvalue weighted by molar-refractivity contribution is -0.139. The molecule has 1 unspecified atom stereocenters. The molecule has 1 N–H and O–H groups in total. The Kier molecular flexibility index (Phi) is 4.90. The van der Waals surface area contributed by atoms with E-state index in [0.717, 1.165) is 5.56 Å². The van der Waals surface area contributed by atoms with Crippen LogP contribution >= 0.6 is 0 Å². The third-order valence-electron chi connectivity index (χ3n) is 4.72. The zero-order chi connectivity index (χ0) is 19.7. The van der Waals surface area contributed by atoms with E-state index in [1.807, 2.05) is 19.1 Å². The maximum absolute atomic E-state index is 12.6. The molecule has 0 aliphatic carbocycles. The number of benzene rings is 2. The zero-order valence-electron chi connectivity index (χ0n) is 15.6. The number of aryl methyl sites for hydroxylation is 1. The normalized spacial score (nSPS) is 18.7. The number of likely N-dealkylation sites (N-methyl/N-ethyl adjacent to an activating group) is 1. The predicted octanol–water partition coefficient (Wildman–Crippen LogP) is 3.06. The molecule has 2 aromatic carbocycles. The van der Waals surface area contributed by atoms with Crippen LogP contribution in [0.25, 0.3) is 5.76 Å². The van der Waals surface area contributed by atoms with E-state index in [4.69, 9.17) is 9.47 Å². The van der Waals surface area contributed by atoms with Crippen molar-refractivity contribution in [1.29, 1.82) is 0 Å². The van der Waals surface area contributed by atoms with Crippen LogP contribution in [0.5, 0.6) is 11.5 Å². The first-order chi connectivity index (χ1) is 12.9. The number of amides is 1. The number of methoxy groups -OCH3 is 2. The van der Waals surface area contributed by atoms with Crippen molar-refractivity contribution in [2.75, 3.05) is 21.3 Å². The first-order valence-corrected chi connectivity index (χ1v) is 8.42. The second-order valence-corrected chi connectivity index (χ2v) is 6.39. The van der Waals surface area contributed by atoms with Gasteiger partial charge in [0.1, 0.15) is 5.76 Å². The minimum absolute atomic E-state index is 0.0542. The third kappa shape index (κ3) is 3.14. The molecule has 0 radical (unpaired) electrons. The number of rotatable bonds is 4. The number of hydrogen-bond donors (Lipinski definition) is 1. The molecule has 0 saturated carbocycles. The van der Waals surface area contributed by atoms with Crippen molar-refractivity contribution >= 4 is 17.4 Å². The molecule has 1 aliphatic rings. The number of aliphatic hydroxyl groups excluding tert-OH is 1. The molecule has 1 amide bonds. The van der Waals surface area contributed by atoms with Crippen molar-refractivity contribution < 1.29 is 24.2 Å². The van der Waals surface area contributed by atoms with Gasteiger partial charge >= 0.3 is 0 Å².